The molecule has 226 valence electrons. The highest BCUT2D eigenvalue weighted by Crippen LogP contribution is 2.40. The number of carboxylic acid groups (broad SMARTS) is 1. The summed E-state index contributed by atoms with van der Waals surface area (Å²) < 4.78 is 30.0. The molecule has 13 heteroatoms. The number of halogens is 2. The average Bonchev–Trinajstić information content (AvgIpc) is 3.30. The van der Waals surface area contributed by atoms with Crippen LogP contribution in [0.1, 0.15) is 62.5 Å². The second-order valence-corrected chi connectivity index (χ2v) is 12.9. The van der Waals surface area contributed by atoms with Crippen molar-refractivity contribution in [1.29, 1.82) is 0 Å². The number of hydrogen-bond donors (Lipinski definition) is 5. The highest BCUT2D eigenvalue weighted by atomic mass is 32.1. The van der Waals surface area contributed by atoms with Crippen LogP contribution in [0.15, 0.2) is 36.4 Å². The van der Waals surface area contributed by atoms with E-state index in [0.29, 0.717) is 13.1 Å². The molecule has 1 fully saturated rings. The van der Waals surface area contributed by atoms with Crippen molar-refractivity contribution < 1.29 is 33.7 Å². The first kappa shape index (κ1) is 31.3. The topological polar surface area (TPSA) is 152 Å². The predicted octanol–water partition coefficient (Wildman–Crippen LogP) is 4.86. The number of anilines is 2. The van der Waals surface area contributed by atoms with Crippen LogP contribution in [0, 0.1) is 17.0 Å². The smallest absolute Gasteiger partial charge is 0.407 e. The molecule has 10 nitrogen and oxygen atoms in total. The zero-order valence-electron chi connectivity index (χ0n) is 24.0. The SMILES string of the molecule is CC(C)(O)c1cc(F)c(-c2cc(C(N)=O)c(Nc3cccc(C(O)N4CCN(C(=O)O)C(C(C)(C)C)C4)n3)s2)c(F)c1. The van der Waals surface area contributed by atoms with Crippen molar-refractivity contribution in [2.24, 2.45) is 11.1 Å². The maximum Gasteiger partial charge on any atom is 0.407 e. The highest BCUT2D eigenvalue weighted by Gasteiger charge is 2.40. The summed E-state index contributed by atoms with van der Waals surface area (Å²) in [6.07, 6.45) is -2.15. The molecule has 1 aromatic carbocycles. The normalized spacial score (nSPS) is 17.3. The minimum absolute atomic E-state index is 0.00840. The van der Waals surface area contributed by atoms with Gasteiger partial charge in [-0.05, 0) is 55.2 Å². The molecule has 3 heterocycles. The van der Waals surface area contributed by atoms with Crippen molar-refractivity contribution in [3.05, 3.63) is 64.9 Å². The molecular weight excluding hydrogens is 568 g/mol. The van der Waals surface area contributed by atoms with Gasteiger partial charge in [-0.1, -0.05) is 26.8 Å². The van der Waals surface area contributed by atoms with Crippen LogP contribution in [-0.4, -0.2) is 67.8 Å². The van der Waals surface area contributed by atoms with Gasteiger partial charge < -0.3 is 31.3 Å². The van der Waals surface area contributed by atoms with E-state index in [4.69, 9.17) is 5.73 Å². The zero-order valence-corrected chi connectivity index (χ0v) is 24.8. The number of nitrogens with one attached hydrogen (secondary N) is 1. The first-order chi connectivity index (χ1) is 19.5. The number of aromatic nitrogens is 1. The van der Waals surface area contributed by atoms with Gasteiger partial charge in [-0.2, -0.15) is 0 Å². The minimum Gasteiger partial charge on any atom is -0.465 e. The number of nitrogens with two attached hydrogens (primary N) is 1. The lowest BCUT2D eigenvalue weighted by atomic mass is 9.84. The fourth-order valence-electron chi connectivity index (χ4n) is 4.92. The Morgan fingerprint density at radius 2 is 1.76 bits per heavy atom. The molecule has 1 aliphatic heterocycles. The van der Waals surface area contributed by atoms with Crippen molar-refractivity contribution in [2.45, 2.75) is 52.5 Å². The van der Waals surface area contributed by atoms with Crippen LogP contribution in [-0.2, 0) is 5.60 Å². The number of nitrogens with zero attached hydrogens (tertiary/aromatic N) is 3. The number of thiophene rings is 1. The second-order valence-electron chi connectivity index (χ2n) is 11.9. The monoisotopic (exact) mass is 603 g/mol. The van der Waals surface area contributed by atoms with E-state index in [1.165, 1.54) is 24.8 Å². The minimum atomic E-state index is -1.46. The molecular formula is C29H35F2N5O5S. The lowest BCUT2D eigenvalue weighted by Gasteiger charge is -2.47. The lowest BCUT2D eigenvalue weighted by Crippen LogP contribution is -2.59. The Labute approximate surface area is 246 Å². The predicted molar refractivity (Wildman–Crippen MR) is 155 cm³/mol. The summed E-state index contributed by atoms with van der Waals surface area (Å²) >= 11 is 0.897. The molecule has 2 aromatic heterocycles. The van der Waals surface area contributed by atoms with E-state index < -0.39 is 35.5 Å². The number of primary amides is 1. The largest absolute Gasteiger partial charge is 0.465 e. The Bertz CT molecular complexity index is 1480. The van der Waals surface area contributed by atoms with Crippen molar-refractivity contribution in [3.63, 3.8) is 0 Å². The molecule has 0 spiro atoms. The molecule has 2 amide bonds. The Hall–Kier alpha value is -3.65. The molecule has 0 bridgehead atoms. The van der Waals surface area contributed by atoms with E-state index in [1.807, 2.05) is 20.8 Å². The van der Waals surface area contributed by atoms with Gasteiger partial charge in [0, 0.05) is 24.5 Å². The number of amides is 2. The Morgan fingerprint density at radius 1 is 1.12 bits per heavy atom. The Morgan fingerprint density at radius 3 is 2.31 bits per heavy atom. The van der Waals surface area contributed by atoms with Crippen LogP contribution >= 0.6 is 11.3 Å². The van der Waals surface area contributed by atoms with Crippen molar-refractivity contribution >= 4 is 34.2 Å². The highest BCUT2D eigenvalue weighted by molar-refractivity contribution is 7.20. The van der Waals surface area contributed by atoms with E-state index in [2.05, 4.69) is 10.3 Å². The van der Waals surface area contributed by atoms with Crippen LogP contribution in [0.4, 0.5) is 24.4 Å². The van der Waals surface area contributed by atoms with Crippen molar-refractivity contribution in [1.82, 2.24) is 14.8 Å². The maximum atomic E-state index is 15.0. The first-order valence-electron chi connectivity index (χ1n) is 13.3. The summed E-state index contributed by atoms with van der Waals surface area (Å²) in [4.78, 5) is 31.7. The van der Waals surface area contributed by atoms with E-state index >= 15 is 8.78 Å². The van der Waals surface area contributed by atoms with Gasteiger partial charge in [0.25, 0.3) is 5.91 Å². The van der Waals surface area contributed by atoms with Gasteiger partial charge in [0.1, 0.15) is 22.5 Å². The maximum absolute atomic E-state index is 15.0. The summed E-state index contributed by atoms with van der Waals surface area (Å²) in [6.45, 7) is 9.46. The quantitative estimate of drug-likeness (QED) is 0.257. The van der Waals surface area contributed by atoms with E-state index in [0.717, 1.165) is 23.5 Å². The number of hydrogen-bond acceptors (Lipinski definition) is 8. The van der Waals surface area contributed by atoms with E-state index in [-0.39, 0.29) is 56.1 Å². The lowest BCUT2D eigenvalue weighted by molar-refractivity contribution is -0.0630. The van der Waals surface area contributed by atoms with Gasteiger partial charge in [0.2, 0.25) is 0 Å². The molecule has 4 rings (SSSR count). The van der Waals surface area contributed by atoms with E-state index in [9.17, 15) is 24.9 Å². The number of piperazine rings is 1. The number of pyridine rings is 1. The number of carbonyl (C=O) groups excluding carboxylic acids is 1. The van der Waals surface area contributed by atoms with Crippen LogP contribution in [0.3, 0.4) is 0 Å². The van der Waals surface area contributed by atoms with Crippen LogP contribution in [0.25, 0.3) is 10.4 Å². The van der Waals surface area contributed by atoms with Crippen LogP contribution in [0.5, 0.6) is 0 Å². The van der Waals surface area contributed by atoms with E-state index in [1.54, 1.807) is 23.1 Å². The summed E-state index contributed by atoms with van der Waals surface area (Å²) in [5.41, 5.74) is 3.71. The van der Waals surface area contributed by atoms with Gasteiger partial charge >= 0.3 is 6.09 Å². The molecule has 3 aromatic rings. The molecule has 6 N–H and O–H groups in total. The molecule has 2 unspecified atom stereocenters. The molecule has 0 saturated carbocycles. The molecule has 2 atom stereocenters. The molecule has 1 saturated heterocycles. The Kier molecular flexibility index (Phi) is 8.61. The third-order valence-corrected chi connectivity index (χ3v) is 8.34. The number of carbonyl (C=O) groups is 2. The first-order valence-corrected chi connectivity index (χ1v) is 14.1. The molecule has 42 heavy (non-hydrogen) atoms. The fraction of sp³-hybridized carbons (Fsp3) is 0.414. The number of benzene rings is 1. The third-order valence-electron chi connectivity index (χ3n) is 7.27. The van der Waals surface area contributed by atoms with Gasteiger partial charge in [0.15, 0.2) is 6.23 Å². The third kappa shape index (κ3) is 6.54. The summed E-state index contributed by atoms with van der Waals surface area (Å²) in [7, 11) is 0. The summed E-state index contributed by atoms with van der Waals surface area (Å²) in [5.74, 6) is -2.39. The molecule has 0 aliphatic carbocycles. The van der Waals surface area contributed by atoms with Gasteiger partial charge in [-0.3, -0.25) is 9.69 Å². The molecule has 0 radical (unpaired) electrons. The summed E-state index contributed by atoms with van der Waals surface area (Å²) in [6, 6.07) is 7.88. The number of aliphatic hydroxyl groups excluding tert-OH is 1. The zero-order chi connectivity index (χ0) is 31.1. The van der Waals surface area contributed by atoms with Gasteiger partial charge in [-0.15, -0.1) is 11.3 Å². The fourth-order valence-corrected chi connectivity index (χ4v) is 6.04. The Balaban J connectivity index is 1.61. The number of aliphatic hydroxyl groups is 2. The van der Waals surface area contributed by atoms with Gasteiger partial charge in [-0.25, -0.2) is 18.6 Å². The number of rotatable bonds is 7. The summed E-state index contributed by atoms with van der Waals surface area (Å²) in [5, 5.41) is 34.2. The van der Waals surface area contributed by atoms with Crippen LogP contribution < -0.4 is 11.1 Å². The van der Waals surface area contributed by atoms with Gasteiger partial charge in [0.05, 0.1) is 28.5 Å². The molecule has 1 aliphatic rings. The van der Waals surface area contributed by atoms with Crippen molar-refractivity contribution in [3.8, 4) is 10.4 Å². The van der Waals surface area contributed by atoms with Crippen molar-refractivity contribution in [2.75, 3.05) is 25.0 Å². The standard InChI is InChI=1S/C29H35F2N5O5S/c1-28(2,3)21-14-35(9-10-36(21)27(39)40)26(38)19-7-6-8-22(33-19)34-25-16(24(32)37)13-20(42-25)23-17(30)11-15(12-18(23)31)29(4,5)41/h6-8,11-13,21,26,38,41H,9-10,14H2,1-5H3,(H2,32,37)(H,33,34)(H,39,40). The van der Waals surface area contributed by atoms with Crippen LogP contribution in [0.2, 0.25) is 0 Å². The average molecular weight is 604 g/mol. The second kappa shape index (κ2) is 11.6.